The van der Waals surface area contributed by atoms with Crippen LogP contribution in [0.25, 0.3) is 22.6 Å². The molecule has 0 unspecified atom stereocenters. The minimum atomic E-state index is -0.270. The number of rotatable bonds is 6. The molecule has 0 saturated carbocycles. The number of aromatic nitrogens is 5. The number of pyridine rings is 1. The van der Waals surface area contributed by atoms with E-state index in [1.807, 2.05) is 19.1 Å². The summed E-state index contributed by atoms with van der Waals surface area (Å²) in [5.41, 5.74) is 3.52. The molecule has 1 atom stereocenters. The first kappa shape index (κ1) is 17.0. The molecule has 0 fully saturated rings. The lowest BCUT2D eigenvalue weighted by molar-refractivity contribution is 0.339. The minimum absolute atomic E-state index is 0.149. The van der Waals surface area contributed by atoms with Crippen molar-refractivity contribution in [3.05, 3.63) is 72.3 Å². The van der Waals surface area contributed by atoms with Crippen LogP contribution in [-0.2, 0) is 6.54 Å². The molecule has 8 heteroatoms. The Hall–Kier alpha value is -3.39. The Kier molecular flexibility index (Phi) is 4.71. The summed E-state index contributed by atoms with van der Waals surface area (Å²) in [5, 5.41) is 14.4. The molecule has 4 rings (SSSR count). The molecule has 0 aliphatic rings. The summed E-state index contributed by atoms with van der Waals surface area (Å²) in [6, 6.07) is 9.79. The van der Waals surface area contributed by atoms with Crippen LogP contribution in [0.2, 0.25) is 0 Å². The van der Waals surface area contributed by atoms with Gasteiger partial charge in [-0.3, -0.25) is 10.1 Å². The van der Waals surface area contributed by atoms with E-state index in [1.165, 1.54) is 12.1 Å². The number of halogens is 1. The Balaban J connectivity index is 1.45. The smallest absolute Gasteiger partial charge is 0.243 e. The van der Waals surface area contributed by atoms with Crippen molar-refractivity contribution in [1.29, 1.82) is 0 Å². The third-order valence-corrected chi connectivity index (χ3v) is 4.20. The Morgan fingerprint density at radius 1 is 1.11 bits per heavy atom. The maximum atomic E-state index is 13.1. The molecule has 7 nitrogen and oxygen atoms in total. The predicted molar refractivity (Wildman–Crippen MR) is 96.8 cm³/mol. The molecule has 0 spiro atoms. The number of nitrogens with zero attached hydrogens (tertiary/aromatic N) is 4. The number of nitrogens with one attached hydrogen (secondary N) is 2. The molecule has 0 amide bonds. The monoisotopic (exact) mass is 364 g/mol. The van der Waals surface area contributed by atoms with Gasteiger partial charge in [-0.05, 0) is 43.3 Å². The van der Waals surface area contributed by atoms with Crippen LogP contribution < -0.4 is 5.32 Å². The molecule has 1 aromatic carbocycles. The topological polar surface area (TPSA) is 92.5 Å². The number of aromatic amines is 1. The normalized spacial score (nSPS) is 12.2. The maximum absolute atomic E-state index is 13.1. The summed E-state index contributed by atoms with van der Waals surface area (Å²) in [6.07, 6.45) is 5.11. The highest BCUT2D eigenvalue weighted by Gasteiger charge is 2.16. The number of H-pyrrole nitrogens is 1. The minimum Gasteiger partial charge on any atom is -0.337 e. The lowest BCUT2D eigenvalue weighted by atomic mass is 10.1. The van der Waals surface area contributed by atoms with E-state index in [0.717, 1.165) is 22.4 Å². The van der Waals surface area contributed by atoms with Crippen LogP contribution in [0.5, 0.6) is 0 Å². The Labute approximate surface area is 154 Å². The van der Waals surface area contributed by atoms with Gasteiger partial charge in [0.2, 0.25) is 11.7 Å². The van der Waals surface area contributed by atoms with E-state index < -0.39 is 0 Å². The van der Waals surface area contributed by atoms with E-state index in [1.54, 1.807) is 30.7 Å². The summed E-state index contributed by atoms with van der Waals surface area (Å²) in [7, 11) is 0. The summed E-state index contributed by atoms with van der Waals surface area (Å²) < 4.78 is 18.5. The van der Waals surface area contributed by atoms with Crippen LogP contribution in [0.3, 0.4) is 0 Å². The molecule has 0 aliphatic heterocycles. The zero-order valence-corrected chi connectivity index (χ0v) is 14.6. The van der Waals surface area contributed by atoms with Crippen molar-refractivity contribution in [2.75, 3.05) is 0 Å². The maximum Gasteiger partial charge on any atom is 0.243 e. The lowest BCUT2D eigenvalue weighted by Gasteiger charge is -2.09. The van der Waals surface area contributed by atoms with Gasteiger partial charge in [0, 0.05) is 35.6 Å². The fraction of sp³-hybridized carbons (Fsp3) is 0.158. The molecule has 0 saturated heterocycles. The van der Waals surface area contributed by atoms with Gasteiger partial charge in [-0.15, -0.1) is 0 Å². The quantitative estimate of drug-likeness (QED) is 0.544. The summed E-state index contributed by atoms with van der Waals surface area (Å²) in [6.45, 7) is 2.48. The van der Waals surface area contributed by atoms with Gasteiger partial charge in [-0.2, -0.15) is 10.1 Å². The Morgan fingerprint density at radius 2 is 1.89 bits per heavy atom. The second-order valence-electron chi connectivity index (χ2n) is 6.07. The van der Waals surface area contributed by atoms with Crippen molar-refractivity contribution >= 4 is 0 Å². The molecular formula is C19H17FN6O. The number of hydrogen-bond donors (Lipinski definition) is 2. The molecule has 27 heavy (non-hydrogen) atoms. The van der Waals surface area contributed by atoms with Crippen LogP contribution in [0, 0.1) is 5.82 Å². The van der Waals surface area contributed by atoms with Crippen molar-refractivity contribution in [2.24, 2.45) is 0 Å². The van der Waals surface area contributed by atoms with E-state index in [2.05, 4.69) is 30.6 Å². The lowest BCUT2D eigenvalue weighted by Crippen LogP contribution is -2.18. The molecule has 2 N–H and O–H groups in total. The first-order valence-electron chi connectivity index (χ1n) is 8.46. The standard InChI is InChI=1S/C19H17FN6O/c1-12(19-24-18(26-27-19)14-6-8-21-9-7-14)22-10-15-11-23-25-17(15)13-2-4-16(20)5-3-13/h2-9,11-12,22H,10H2,1H3,(H,23,25)/t12-/m0/s1. The van der Waals surface area contributed by atoms with Crippen LogP contribution in [0.4, 0.5) is 4.39 Å². The Bertz CT molecular complexity index is 1010. The molecular weight excluding hydrogens is 347 g/mol. The Morgan fingerprint density at radius 3 is 2.67 bits per heavy atom. The van der Waals surface area contributed by atoms with Crippen LogP contribution >= 0.6 is 0 Å². The van der Waals surface area contributed by atoms with Gasteiger partial charge in [-0.25, -0.2) is 4.39 Å². The van der Waals surface area contributed by atoms with E-state index in [4.69, 9.17) is 4.52 Å². The number of hydrogen-bond acceptors (Lipinski definition) is 6. The second kappa shape index (κ2) is 7.46. The van der Waals surface area contributed by atoms with Gasteiger partial charge < -0.3 is 9.84 Å². The molecule has 3 heterocycles. The van der Waals surface area contributed by atoms with Crippen LogP contribution in [0.1, 0.15) is 24.4 Å². The van der Waals surface area contributed by atoms with Crippen molar-refractivity contribution in [3.8, 4) is 22.6 Å². The van der Waals surface area contributed by atoms with E-state index in [0.29, 0.717) is 18.3 Å². The van der Waals surface area contributed by atoms with Gasteiger partial charge in [0.25, 0.3) is 0 Å². The third kappa shape index (κ3) is 3.75. The van der Waals surface area contributed by atoms with Crippen molar-refractivity contribution in [3.63, 3.8) is 0 Å². The second-order valence-corrected chi connectivity index (χ2v) is 6.07. The largest absolute Gasteiger partial charge is 0.337 e. The average Bonchev–Trinajstić information content (AvgIpc) is 3.37. The molecule has 0 bridgehead atoms. The van der Waals surface area contributed by atoms with Crippen molar-refractivity contribution in [1.82, 2.24) is 30.6 Å². The molecule has 0 radical (unpaired) electrons. The summed E-state index contributed by atoms with van der Waals surface area (Å²) in [5.74, 6) is 0.748. The van der Waals surface area contributed by atoms with Gasteiger partial charge in [0.1, 0.15) is 5.82 Å². The fourth-order valence-corrected chi connectivity index (χ4v) is 2.69. The molecule has 3 aromatic heterocycles. The molecule has 136 valence electrons. The van der Waals surface area contributed by atoms with E-state index in [9.17, 15) is 4.39 Å². The first-order valence-corrected chi connectivity index (χ1v) is 8.46. The van der Waals surface area contributed by atoms with Gasteiger partial charge in [-0.1, -0.05) is 5.16 Å². The summed E-state index contributed by atoms with van der Waals surface area (Å²) in [4.78, 5) is 8.42. The average molecular weight is 364 g/mol. The predicted octanol–water partition coefficient (Wildman–Crippen LogP) is 3.51. The molecule has 0 aliphatic carbocycles. The van der Waals surface area contributed by atoms with Gasteiger partial charge >= 0.3 is 0 Å². The zero-order valence-electron chi connectivity index (χ0n) is 14.6. The molecule has 4 aromatic rings. The zero-order chi connectivity index (χ0) is 18.6. The highest BCUT2D eigenvalue weighted by atomic mass is 19.1. The van der Waals surface area contributed by atoms with Crippen LogP contribution in [-0.4, -0.2) is 25.3 Å². The van der Waals surface area contributed by atoms with Gasteiger partial charge in [0.15, 0.2) is 0 Å². The van der Waals surface area contributed by atoms with E-state index >= 15 is 0 Å². The van der Waals surface area contributed by atoms with Gasteiger partial charge in [0.05, 0.1) is 17.9 Å². The third-order valence-electron chi connectivity index (χ3n) is 4.20. The first-order chi connectivity index (χ1) is 13.2. The highest BCUT2D eigenvalue weighted by molar-refractivity contribution is 5.62. The highest BCUT2D eigenvalue weighted by Crippen LogP contribution is 2.23. The summed E-state index contributed by atoms with van der Waals surface area (Å²) >= 11 is 0. The fourth-order valence-electron chi connectivity index (χ4n) is 2.69. The van der Waals surface area contributed by atoms with Crippen LogP contribution in [0.15, 0.2) is 59.5 Å². The van der Waals surface area contributed by atoms with Crippen molar-refractivity contribution < 1.29 is 8.91 Å². The number of benzene rings is 1. The SMILES string of the molecule is C[C@H](NCc1cn[nH]c1-c1ccc(F)cc1)c1nc(-c2ccncc2)no1. The van der Waals surface area contributed by atoms with Crippen molar-refractivity contribution in [2.45, 2.75) is 19.5 Å². The van der Waals surface area contributed by atoms with E-state index in [-0.39, 0.29) is 11.9 Å².